The van der Waals surface area contributed by atoms with Crippen molar-refractivity contribution in [3.05, 3.63) is 48.3 Å². The monoisotopic (exact) mass is 328 g/mol. The fourth-order valence-electron chi connectivity index (χ4n) is 2.39. The van der Waals surface area contributed by atoms with Gasteiger partial charge in [-0.25, -0.2) is 19.3 Å². The molecule has 0 spiro atoms. The number of likely N-dealkylation sites (N-methyl/N-ethyl adjacent to an activating group) is 1. The number of hydrogen-bond acceptors (Lipinski definition) is 5. The van der Waals surface area contributed by atoms with E-state index in [4.69, 9.17) is 0 Å². The maximum absolute atomic E-state index is 12.8. The van der Waals surface area contributed by atoms with E-state index in [0.717, 1.165) is 5.56 Å². The lowest BCUT2D eigenvalue weighted by Crippen LogP contribution is -2.36. The second-order valence-corrected chi connectivity index (χ2v) is 5.38. The molecule has 1 aromatic carbocycles. The van der Waals surface area contributed by atoms with Crippen molar-refractivity contribution in [2.45, 2.75) is 6.42 Å². The lowest BCUT2D eigenvalue weighted by molar-refractivity contribution is -0.119. The van der Waals surface area contributed by atoms with Crippen LogP contribution < -0.4 is 10.2 Å². The summed E-state index contributed by atoms with van der Waals surface area (Å²) in [6, 6.07) is 6.25. The molecule has 7 nitrogen and oxygen atoms in total. The number of rotatable bonds is 6. The van der Waals surface area contributed by atoms with E-state index in [9.17, 15) is 9.18 Å². The Balaban J connectivity index is 1.53. The zero-order chi connectivity index (χ0) is 16.9. The summed E-state index contributed by atoms with van der Waals surface area (Å²) in [5, 5.41) is 2.84. The molecule has 24 heavy (non-hydrogen) atoms. The van der Waals surface area contributed by atoms with Crippen molar-refractivity contribution in [2.24, 2.45) is 0 Å². The molecule has 0 saturated heterocycles. The highest BCUT2D eigenvalue weighted by Gasteiger charge is 2.13. The van der Waals surface area contributed by atoms with Crippen molar-refractivity contribution in [1.82, 2.24) is 25.3 Å². The summed E-state index contributed by atoms with van der Waals surface area (Å²) in [7, 11) is 1.78. The molecule has 0 saturated carbocycles. The zero-order valence-corrected chi connectivity index (χ0v) is 13.2. The van der Waals surface area contributed by atoms with Gasteiger partial charge >= 0.3 is 0 Å². The van der Waals surface area contributed by atoms with E-state index in [-0.39, 0.29) is 18.3 Å². The Morgan fingerprint density at radius 3 is 2.83 bits per heavy atom. The summed E-state index contributed by atoms with van der Waals surface area (Å²) in [5.41, 5.74) is 2.22. The van der Waals surface area contributed by atoms with E-state index in [2.05, 4.69) is 25.3 Å². The normalized spacial score (nSPS) is 10.8. The average Bonchev–Trinajstić information content (AvgIpc) is 3.05. The number of carbonyl (C=O) groups excluding carboxylic acids is 1. The molecule has 0 aliphatic carbocycles. The van der Waals surface area contributed by atoms with Gasteiger partial charge in [-0.05, 0) is 24.1 Å². The first kappa shape index (κ1) is 15.9. The van der Waals surface area contributed by atoms with Crippen LogP contribution in [0.3, 0.4) is 0 Å². The van der Waals surface area contributed by atoms with Crippen LogP contribution in [-0.4, -0.2) is 46.0 Å². The highest BCUT2D eigenvalue weighted by molar-refractivity contribution is 5.86. The highest BCUT2D eigenvalue weighted by atomic mass is 19.1. The van der Waals surface area contributed by atoms with Crippen LogP contribution in [0, 0.1) is 5.82 Å². The van der Waals surface area contributed by atoms with Crippen LogP contribution in [0.25, 0.3) is 11.2 Å². The zero-order valence-electron chi connectivity index (χ0n) is 13.2. The molecule has 2 aromatic heterocycles. The minimum atomic E-state index is -0.264. The summed E-state index contributed by atoms with van der Waals surface area (Å²) < 4.78 is 12.8. The molecule has 0 radical (unpaired) electrons. The van der Waals surface area contributed by atoms with E-state index in [0.29, 0.717) is 29.9 Å². The Bertz CT molecular complexity index is 832. The number of hydrogen-bond donors (Lipinski definition) is 2. The molecule has 124 valence electrons. The number of nitrogens with one attached hydrogen (secondary N) is 2. The third kappa shape index (κ3) is 3.65. The Morgan fingerprint density at radius 1 is 1.25 bits per heavy atom. The summed E-state index contributed by atoms with van der Waals surface area (Å²) in [4.78, 5) is 29.1. The molecular formula is C16H17FN6O. The van der Waals surface area contributed by atoms with Gasteiger partial charge in [-0.1, -0.05) is 12.1 Å². The standard InChI is InChI=1S/C16H17FN6O/c1-23(16-14-15(20-9-19-14)21-10-22-16)8-13(24)18-7-6-11-2-4-12(17)5-3-11/h2-5,9-10H,6-8H2,1H3,(H,18,24)(H,19,20,21,22). The number of anilines is 1. The first-order chi connectivity index (χ1) is 11.6. The summed E-state index contributed by atoms with van der Waals surface area (Å²) in [6.07, 6.45) is 3.61. The molecule has 0 unspecified atom stereocenters. The van der Waals surface area contributed by atoms with Gasteiger partial charge in [-0.15, -0.1) is 0 Å². The van der Waals surface area contributed by atoms with Gasteiger partial charge in [0, 0.05) is 13.6 Å². The number of aromatic amines is 1. The van der Waals surface area contributed by atoms with E-state index >= 15 is 0 Å². The molecule has 0 aliphatic heterocycles. The van der Waals surface area contributed by atoms with E-state index in [1.54, 1.807) is 30.4 Å². The molecule has 2 heterocycles. The third-order valence-electron chi connectivity index (χ3n) is 3.59. The molecular weight excluding hydrogens is 311 g/mol. The average molecular weight is 328 g/mol. The van der Waals surface area contributed by atoms with Gasteiger partial charge in [-0.2, -0.15) is 0 Å². The number of H-pyrrole nitrogens is 1. The number of benzene rings is 1. The van der Waals surface area contributed by atoms with E-state index in [1.165, 1.54) is 18.5 Å². The summed E-state index contributed by atoms with van der Waals surface area (Å²) in [6.45, 7) is 0.649. The fraction of sp³-hybridized carbons (Fsp3) is 0.250. The van der Waals surface area contributed by atoms with E-state index < -0.39 is 0 Å². The van der Waals surface area contributed by atoms with Crippen molar-refractivity contribution in [3.63, 3.8) is 0 Å². The highest BCUT2D eigenvalue weighted by Crippen LogP contribution is 2.17. The van der Waals surface area contributed by atoms with Crippen LogP contribution in [0.15, 0.2) is 36.9 Å². The van der Waals surface area contributed by atoms with Gasteiger partial charge in [0.15, 0.2) is 11.5 Å². The second kappa shape index (κ2) is 7.03. The fourth-order valence-corrected chi connectivity index (χ4v) is 2.39. The van der Waals surface area contributed by atoms with Gasteiger partial charge in [-0.3, -0.25) is 4.79 Å². The first-order valence-corrected chi connectivity index (χ1v) is 7.50. The Hall–Kier alpha value is -3.03. The molecule has 1 amide bonds. The number of nitrogens with zero attached hydrogens (tertiary/aromatic N) is 4. The Kier molecular flexibility index (Phi) is 4.64. The van der Waals surface area contributed by atoms with Crippen LogP contribution >= 0.6 is 0 Å². The van der Waals surface area contributed by atoms with Crippen LogP contribution in [0.5, 0.6) is 0 Å². The first-order valence-electron chi connectivity index (χ1n) is 7.50. The van der Waals surface area contributed by atoms with Crippen molar-refractivity contribution < 1.29 is 9.18 Å². The van der Waals surface area contributed by atoms with Gasteiger partial charge < -0.3 is 15.2 Å². The predicted octanol–water partition coefficient (Wildman–Crippen LogP) is 1.29. The Morgan fingerprint density at radius 2 is 2.04 bits per heavy atom. The molecule has 8 heteroatoms. The van der Waals surface area contributed by atoms with Crippen LogP contribution in [0.2, 0.25) is 0 Å². The van der Waals surface area contributed by atoms with Gasteiger partial charge in [0.25, 0.3) is 0 Å². The molecule has 3 aromatic rings. The lowest BCUT2D eigenvalue weighted by atomic mass is 10.1. The second-order valence-electron chi connectivity index (χ2n) is 5.38. The predicted molar refractivity (Wildman–Crippen MR) is 88.1 cm³/mol. The topological polar surface area (TPSA) is 86.8 Å². The summed E-state index contributed by atoms with van der Waals surface area (Å²) >= 11 is 0. The quantitative estimate of drug-likeness (QED) is 0.712. The smallest absolute Gasteiger partial charge is 0.239 e. The third-order valence-corrected chi connectivity index (χ3v) is 3.59. The number of fused-ring (bicyclic) bond motifs is 1. The largest absolute Gasteiger partial charge is 0.354 e. The summed E-state index contributed by atoms with van der Waals surface area (Å²) in [5.74, 6) is 0.233. The number of amides is 1. The number of halogens is 1. The number of imidazole rings is 1. The molecule has 0 bridgehead atoms. The molecule has 0 fully saturated rings. The number of aromatic nitrogens is 4. The maximum atomic E-state index is 12.8. The maximum Gasteiger partial charge on any atom is 0.239 e. The molecule has 0 atom stereocenters. The van der Waals surface area contributed by atoms with Crippen molar-refractivity contribution in [1.29, 1.82) is 0 Å². The van der Waals surface area contributed by atoms with E-state index in [1.807, 2.05) is 0 Å². The Labute approximate surface area is 137 Å². The van der Waals surface area contributed by atoms with Gasteiger partial charge in [0.2, 0.25) is 5.91 Å². The van der Waals surface area contributed by atoms with Crippen LogP contribution in [0.4, 0.5) is 10.2 Å². The molecule has 2 N–H and O–H groups in total. The lowest BCUT2D eigenvalue weighted by Gasteiger charge is -2.17. The molecule has 3 rings (SSSR count). The minimum absolute atomic E-state index is 0.120. The molecule has 0 aliphatic rings. The van der Waals surface area contributed by atoms with Crippen LogP contribution in [-0.2, 0) is 11.2 Å². The van der Waals surface area contributed by atoms with Crippen molar-refractivity contribution in [3.8, 4) is 0 Å². The number of carbonyl (C=O) groups is 1. The van der Waals surface area contributed by atoms with Crippen molar-refractivity contribution in [2.75, 3.05) is 25.0 Å². The SMILES string of the molecule is CN(CC(=O)NCCc1ccc(F)cc1)c1ncnc2nc[nH]c12. The van der Waals surface area contributed by atoms with Gasteiger partial charge in [0.1, 0.15) is 17.7 Å². The van der Waals surface area contributed by atoms with Gasteiger partial charge in [0.05, 0.1) is 12.9 Å². The van der Waals surface area contributed by atoms with Crippen LogP contribution in [0.1, 0.15) is 5.56 Å². The van der Waals surface area contributed by atoms with Crippen molar-refractivity contribution >= 4 is 22.9 Å². The minimum Gasteiger partial charge on any atom is -0.354 e.